The van der Waals surface area contributed by atoms with Gasteiger partial charge in [-0.3, -0.25) is 4.79 Å². The molecule has 15 heavy (non-hydrogen) atoms. The van der Waals surface area contributed by atoms with E-state index in [2.05, 4.69) is 0 Å². The highest BCUT2D eigenvalue weighted by atomic mass is 35.5. The normalized spacial score (nSPS) is 10.4. The van der Waals surface area contributed by atoms with E-state index in [1.807, 2.05) is 0 Å². The van der Waals surface area contributed by atoms with E-state index in [1.54, 1.807) is 6.92 Å². The van der Waals surface area contributed by atoms with Gasteiger partial charge >= 0.3 is 0 Å². The van der Waals surface area contributed by atoms with Gasteiger partial charge in [0, 0.05) is 17.6 Å². The van der Waals surface area contributed by atoms with Crippen LogP contribution in [0.4, 0.5) is 4.39 Å². The summed E-state index contributed by atoms with van der Waals surface area (Å²) in [7, 11) is 0. The van der Waals surface area contributed by atoms with Gasteiger partial charge in [-0.2, -0.15) is 0 Å². The smallest absolute Gasteiger partial charge is 0.161 e. The molecule has 0 heterocycles. The molecule has 0 spiro atoms. The summed E-state index contributed by atoms with van der Waals surface area (Å²) in [4.78, 5) is 11.4. The lowest BCUT2D eigenvalue weighted by molar-refractivity contribution is 0.101. The molecule has 0 aliphatic rings. The molecular formula is C10H10ClFO2S. The minimum Gasteiger partial charge on any atom is -0.310 e. The van der Waals surface area contributed by atoms with E-state index < -0.39 is 5.82 Å². The van der Waals surface area contributed by atoms with Crippen molar-refractivity contribution in [2.24, 2.45) is 0 Å². The van der Waals surface area contributed by atoms with Crippen molar-refractivity contribution in [1.29, 1.82) is 0 Å². The van der Waals surface area contributed by atoms with Gasteiger partial charge in [0.1, 0.15) is 0 Å². The van der Waals surface area contributed by atoms with Gasteiger partial charge in [-0.15, -0.1) is 0 Å². The zero-order chi connectivity index (χ0) is 11.4. The van der Waals surface area contributed by atoms with Crippen LogP contribution in [-0.4, -0.2) is 12.4 Å². The summed E-state index contributed by atoms with van der Waals surface area (Å²) in [5.41, 5.74) is 0.287. The molecule has 0 atom stereocenters. The molecule has 0 amide bonds. The van der Waals surface area contributed by atoms with Gasteiger partial charge in [-0.1, -0.05) is 11.6 Å². The first kappa shape index (κ1) is 12.5. The maximum absolute atomic E-state index is 13.6. The van der Waals surface area contributed by atoms with Crippen molar-refractivity contribution in [3.05, 3.63) is 28.5 Å². The van der Waals surface area contributed by atoms with Crippen LogP contribution < -0.4 is 0 Å². The average molecular weight is 249 g/mol. The van der Waals surface area contributed by atoms with Crippen molar-refractivity contribution in [2.45, 2.75) is 18.7 Å². The lowest BCUT2D eigenvalue weighted by Crippen LogP contribution is -1.99. The molecule has 1 aromatic carbocycles. The van der Waals surface area contributed by atoms with Crippen molar-refractivity contribution < 1.29 is 13.4 Å². The Labute approximate surface area is 97.0 Å². The molecule has 0 aliphatic carbocycles. The van der Waals surface area contributed by atoms with E-state index in [-0.39, 0.29) is 21.3 Å². The molecule has 0 saturated carbocycles. The first-order chi connectivity index (χ1) is 7.07. The Kier molecular flexibility index (Phi) is 4.57. The predicted octanol–water partition coefficient (Wildman–Crippen LogP) is 3.73. The highest BCUT2D eigenvalue weighted by molar-refractivity contribution is 7.94. The number of carbonyl (C=O) groups is 1. The highest BCUT2D eigenvalue weighted by Gasteiger charge is 2.16. The van der Waals surface area contributed by atoms with Crippen LogP contribution >= 0.6 is 23.6 Å². The van der Waals surface area contributed by atoms with Crippen LogP contribution in [-0.2, 0) is 4.18 Å². The largest absolute Gasteiger partial charge is 0.310 e. The molecular weight excluding hydrogens is 239 g/mol. The number of rotatable bonds is 4. The summed E-state index contributed by atoms with van der Waals surface area (Å²) in [6.45, 7) is 3.58. The van der Waals surface area contributed by atoms with Crippen molar-refractivity contribution in [3.63, 3.8) is 0 Å². The summed E-state index contributed by atoms with van der Waals surface area (Å²) in [5, 5.41) is -0.0118. The molecule has 82 valence electrons. The van der Waals surface area contributed by atoms with E-state index >= 15 is 0 Å². The summed E-state index contributed by atoms with van der Waals surface area (Å²) < 4.78 is 18.6. The van der Waals surface area contributed by atoms with Crippen LogP contribution in [0.5, 0.6) is 0 Å². The molecule has 1 rings (SSSR count). The molecule has 5 heteroatoms. The van der Waals surface area contributed by atoms with E-state index in [0.29, 0.717) is 6.61 Å². The van der Waals surface area contributed by atoms with Gasteiger partial charge in [-0.05, 0) is 26.0 Å². The lowest BCUT2D eigenvalue weighted by atomic mass is 10.1. The van der Waals surface area contributed by atoms with E-state index in [1.165, 1.54) is 19.1 Å². The van der Waals surface area contributed by atoms with E-state index in [0.717, 1.165) is 12.0 Å². The topological polar surface area (TPSA) is 26.3 Å². The van der Waals surface area contributed by atoms with Gasteiger partial charge in [0.15, 0.2) is 11.6 Å². The van der Waals surface area contributed by atoms with Crippen LogP contribution in [0.3, 0.4) is 0 Å². The van der Waals surface area contributed by atoms with Gasteiger partial charge in [-0.25, -0.2) is 4.39 Å². The Morgan fingerprint density at radius 3 is 2.80 bits per heavy atom. The first-order valence-electron chi connectivity index (χ1n) is 4.36. The number of halogens is 2. The van der Waals surface area contributed by atoms with Crippen LogP contribution in [0.2, 0.25) is 5.02 Å². The summed E-state index contributed by atoms with van der Waals surface area (Å²) in [6.07, 6.45) is 0. The number of carbonyl (C=O) groups excluding carboxylic acids is 1. The molecule has 0 N–H and O–H groups in total. The van der Waals surface area contributed by atoms with Gasteiger partial charge < -0.3 is 4.18 Å². The van der Waals surface area contributed by atoms with Crippen molar-refractivity contribution in [1.82, 2.24) is 0 Å². The summed E-state index contributed by atoms with van der Waals surface area (Å²) >= 11 is 6.45. The highest BCUT2D eigenvalue weighted by Crippen LogP contribution is 2.31. The molecule has 0 bridgehead atoms. The Morgan fingerprint density at radius 2 is 2.27 bits per heavy atom. The van der Waals surface area contributed by atoms with Gasteiger partial charge in [0.25, 0.3) is 0 Å². The maximum atomic E-state index is 13.6. The number of Topliss-reactive ketones (excluding diaryl/α,β-unsaturated/α-hetero) is 1. The van der Waals surface area contributed by atoms with E-state index in [4.69, 9.17) is 15.8 Å². The molecule has 0 unspecified atom stereocenters. The molecule has 0 aromatic heterocycles. The number of benzene rings is 1. The zero-order valence-corrected chi connectivity index (χ0v) is 9.91. The summed E-state index contributed by atoms with van der Waals surface area (Å²) in [5.74, 6) is -0.824. The fourth-order valence-corrected chi connectivity index (χ4v) is 1.94. The van der Waals surface area contributed by atoms with Crippen LogP contribution in [0.25, 0.3) is 0 Å². The molecule has 1 aromatic rings. The van der Waals surface area contributed by atoms with Crippen molar-refractivity contribution in [3.8, 4) is 0 Å². The zero-order valence-electron chi connectivity index (χ0n) is 8.34. The molecule has 0 aliphatic heterocycles. The van der Waals surface area contributed by atoms with Gasteiger partial charge in [0.05, 0.1) is 16.5 Å². The fraction of sp³-hybridized carbons (Fsp3) is 0.300. The minimum atomic E-state index is -0.609. The van der Waals surface area contributed by atoms with Crippen LogP contribution in [0.1, 0.15) is 24.2 Å². The number of ketones is 1. The summed E-state index contributed by atoms with van der Waals surface area (Å²) in [6, 6.07) is 2.86. The first-order valence-corrected chi connectivity index (χ1v) is 5.48. The number of hydrogen-bond donors (Lipinski definition) is 0. The second kappa shape index (κ2) is 5.49. The lowest BCUT2D eigenvalue weighted by Gasteiger charge is -2.07. The second-order valence-corrected chi connectivity index (χ2v) is 4.00. The number of hydrogen-bond acceptors (Lipinski definition) is 3. The maximum Gasteiger partial charge on any atom is 0.161 e. The van der Waals surface area contributed by atoms with Crippen molar-refractivity contribution >= 4 is 29.4 Å². The molecule has 0 radical (unpaired) electrons. The molecule has 0 saturated heterocycles. The molecule has 0 fully saturated rings. The standard InChI is InChI=1S/C10H10ClFO2S/c1-3-14-15-10-7(6(2)13)4-5-8(11)9(10)12/h4-5H,3H2,1-2H3. The van der Waals surface area contributed by atoms with Crippen LogP contribution in [0, 0.1) is 5.82 Å². The third-order valence-corrected chi connectivity index (χ3v) is 2.90. The van der Waals surface area contributed by atoms with E-state index in [9.17, 15) is 9.18 Å². The minimum absolute atomic E-state index is 0.0118. The Bertz CT molecular complexity index is 382. The van der Waals surface area contributed by atoms with Crippen LogP contribution in [0.15, 0.2) is 17.0 Å². The quantitative estimate of drug-likeness (QED) is 0.600. The Balaban J connectivity index is 3.16. The Morgan fingerprint density at radius 1 is 1.60 bits per heavy atom. The third kappa shape index (κ3) is 2.93. The van der Waals surface area contributed by atoms with Crippen molar-refractivity contribution in [2.75, 3.05) is 6.61 Å². The monoisotopic (exact) mass is 248 g/mol. The molecule has 2 nitrogen and oxygen atoms in total. The Hall–Kier alpha value is -0.580. The second-order valence-electron chi connectivity index (χ2n) is 2.78. The third-order valence-electron chi connectivity index (χ3n) is 1.69. The average Bonchev–Trinajstić information content (AvgIpc) is 2.19. The SMILES string of the molecule is CCOSc1c(C(C)=O)ccc(Cl)c1F. The fourth-order valence-electron chi connectivity index (χ4n) is 1.01. The predicted molar refractivity (Wildman–Crippen MR) is 58.9 cm³/mol. The van der Waals surface area contributed by atoms with Gasteiger partial charge in [0.2, 0.25) is 0 Å².